The fourth-order valence-electron chi connectivity index (χ4n) is 3.20. The molecule has 1 aliphatic rings. The summed E-state index contributed by atoms with van der Waals surface area (Å²) in [4.78, 5) is 6.96. The Balaban J connectivity index is 1.55. The molecule has 1 aromatic heterocycles. The fraction of sp³-hybridized carbons (Fsp3) is 0.500. The van der Waals surface area contributed by atoms with Gasteiger partial charge < -0.3 is 9.30 Å². The van der Waals surface area contributed by atoms with E-state index in [0.29, 0.717) is 23.7 Å². The number of imidazole rings is 1. The summed E-state index contributed by atoms with van der Waals surface area (Å²) in [6.07, 6.45) is 4.75. The maximum atomic E-state index is 12.8. The van der Waals surface area contributed by atoms with E-state index in [1.165, 1.54) is 0 Å². The summed E-state index contributed by atoms with van der Waals surface area (Å²) >= 11 is 0. The maximum absolute atomic E-state index is 12.8. The monoisotopic (exact) mass is 378 g/mol. The molecule has 0 atom stereocenters. The Bertz CT molecular complexity index is 809. The van der Waals surface area contributed by atoms with Gasteiger partial charge in [0.2, 0.25) is 10.0 Å². The van der Waals surface area contributed by atoms with E-state index < -0.39 is 10.0 Å². The lowest BCUT2D eigenvalue weighted by molar-refractivity contribution is 0.182. The lowest BCUT2D eigenvalue weighted by Crippen LogP contribution is -2.49. The predicted octanol–water partition coefficient (Wildman–Crippen LogP) is 1.46. The van der Waals surface area contributed by atoms with Crippen LogP contribution < -0.4 is 4.74 Å². The lowest BCUT2D eigenvalue weighted by atomic mass is 10.3. The first-order valence-electron chi connectivity index (χ1n) is 8.91. The number of nitrogens with zero attached hydrogens (tertiary/aromatic N) is 4. The molecular weight excluding hydrogens is 352 g/mol. The van der Waals surface area contributed by atoms with Crippen LogP contribution in [-0.2, 0) is 23.0 Å². The van der Waals surface area contributed by atoms with E-state index in [9.17, 15) is 8.42 Å². The van der Waals surface area contributed by atoms with E-state index in [-0.39, 0.29) is 0 Å². The number of aromatic nitrogens is 2. The zero-order valence-corrected chi connectivity index (χ0v) is 16.2. The van der Waals surface area contributed by atoms with Crippen LogP contribution in [0.1, 0.15) is 12.7 Å². The molecule has 0 spiro atoms. The third-order valence-corrected chi connectivity index (χ3v) is 6.72. The number of benzene rings is 1. The van der Waals surface area contributed by atoms with Crippen molar-refractivity contribution in [2.24, 2.45) is 0 Å². The highest BCUT2D eigenvalue weighted by Gasteiger charge is 2.28. The molecule has 0 aliphatic carbocycles. The van der Waals surface area contributed by atoms with Crippen molar-refractivity contribution >= 4 is 10.0 Å². The summed E-state index contributed by atoms with van der Waals surface area (Å²) in [5.41, 5.74) is 0. The molecule has 1 aromatic carbocycles. The number of hydrogen-bond acceptors (Lipinski definition) is 5. The summed E-state index contributed by atoms with van der Waals surface area (Å²) in [6, 6.07) is 6.57. The quantitative estimate of drug-likeness (QED) is 0.730. The highest BCUT2D eigenvalue weighted by molar-refractivity contribution is 7.89. The summed E-state index contributed by atoms with van der Waals surface area (Å²) in [5, 5.41) is 0. The minimum absolute atomic E-state index is 0.317. The highest BCUT2D eigenvalue weighted by atomic mass is 32.2. The molecule has 8 heteroatoms. The van der Waals surface area contributed by atoms with Crippen molar-refractivity contribution in [2.75, 3.05) is 39.8 Å². The Hall–Kier alpha value is -1.90. The average Bonchev–Trinajstić information content (AvgIpc) is 3.14. The van der Waals surface area contributed by atoms with Gasteiger partial charge >= 0.3 is 0 Å². The van der Waals surface area contributed by atoms with Gasteiger partial charge in [-0.3, -0.25) is 4.90 Å². The zero-order valence-electron chi connectivity index (χ0n) is 15.3. The number of sulfonamides is 1. The minimum Gasteiger partial charge on any atom is -0.497 e. The molecule has 1 aliphatic heterocycles. The molecule has 3 rings (SSSR count). The second kappa shape index (κ2) is 8.20. The average molecular weight is 378 g/mol. The molecule has 2 aromatic rings. The predicted molar refractivity (Wildman–Crippen MR) is 99.8 cm³/mol. The van der Waals surface area contributed by atoms with Crippen LogP contribution in [0.4, 0.5) is 0 Å². The van der Waals surface area contributed by atoms with E-state index in [1.807, 2.05) is 12.4 Å². The summed E-state index contributed by atoms with van der Waals surface area (Å²) in [7, 11) is -1.88. The van der Waals surface area contributed by atoms with Crippen LogP contribution in [-0.4, -0.2) is 67.0 Å². The van der Waals surface area contributed by atoms with Gasteiger partial charge in [-0.2, -0.15) is 4.31 Å². The van der Waals surface area contributed by atoms with Crippen LogP contribution in [0.2, 0.25) is 0 Å². The summed E-state index contributed by atoms with van der Waals surface area (Å²) in [6.45, 7) is 6.39. The van der Waals surface area contributed by atoms with Crippen LogP contribution in [0.25, 0.3) is 0 Å². The molecular formula is C18H26N4O3S. The van der Waals surface area contributed by atoms with Gasteiger partial charge in [0.05, 0.1) is 12.0 Å². The molecule has 1 fully saturated rings. The Morgan fingerprint density at radius 2 is 1.77 bits per heavy atom. The number of aryl methyl sites for hydroxylation is 1. The Morgan fingerprint density at radius 3 is 2.38 bits per heavy atom. The summed E-state index contributed by atoms with van der Waals surface area (Å²) in [5.74, 6) is 1.74. The minimum atomic E-state index is -3.44. The molecule has 26 heavy (non-hydrogen) atoms. The van der Waals surface area contributed by atoms with Crippen molar-refractivity contribution in [3.63, 3.8) is 0 Å². The largest absolute Gasteiger partial charge is 0.497 e. The van der Waals surface area contributed by atoms with E-state index in [0.717, 1.165) is 38.4 Å². The van der Waals surface area contributed by atoms with Crippen LogP contribution in [0.5, 0.6) is 5.75 Å². The lowest BCUT2D eigenvalue weighted by Gasteiger charge is -2.34. The van der Waals surface area contributed by atoms with E-state index in [4.69, 9.17) is 4.74 Å². The van der Waals surface area contributed by atoms with Crippen LogP contribution >= 0.6 is 0 Å². The summed E-state index contributed by atoms with van der Waals surface area (Å²) < 4.78 is 34.4. The Morgan fingerprint density at radius 1 is 1.08 bits per heavy atom. The smallest absolute Gasteiger partial charge is 0.243 e. The normalized spacial score (nSPS) is 16.7. The molecule has 0 amide bonds. The second-order valence-corrected chi connectivity index (χ2v) is 8.25. The molecule has 0 radical (unpaired) electrons. The SMILES string of the molecule is CCc1nccn1CCN1CCN(S(=O)(=O)c2ccc(OC)cc2)CC1. The van der Waals surface area contributed by atoms with Gasteiger partial charge in [-0.25, -0.2) is 13.4 Å². The van der Waals surface area contributed by atoms with Gasteiger partial charge in [-0.1, -0.05) is 6.92 Å². The van der Waals surface area contributed by atoms with Crippen LogP contribution in [0, 0.1) is 0 Å². The highest BCUT2D eigenvalue weighted by Crippen LogP contribution is 2.20. The molecule has 0 bridgehead atoms. The zero-order chi connectivity index (χ0) is 18.6. The first kappa shape index (κ1) is 18.9. The Kier molecular flexibility index (Phi) is 5.95. The molecule has 1 saturated heterocycles. The molecule has 0 saturated carbocycles. The van der Waals surface area contributed by atoms with Gasteiger partial charge in [0.1, 0.15) is 11.6 Å². The fourth-order valence-corrected chi connectivity index (χ4v) is 4.62. The van der Waals surface area contributed by atoms with Crippen molar-refractivity contribution in [3.05, 3.63) is 42.5 Å². The van der Waals surface area contributed by atoms with Gasteiger partial charge in [0.25, 0.3) is 0 Å². The van der Waals surface area contributed by atoms with Crippen molar-refractivity contribution in [2.45, 2.75) is 24.8 Å². The molecule has 0 unspecified atom stereocenters. The Labute approximate surface area is 155 Å². The first-order chi connectivity index (χ1) is 12.5. The van der Waals surface area contributed by atoms with E-state index in [1.54, 1.807) is 35.7 Å². The number of methoxy groups -OCH3 is 1. The van der Waals surface area contributed by atoms with Gasteiger partial charge in [0, 0.05) is 58.1 Å². The number of piperazine rings is 1. The van der Waals surface area contributed by atoms with Crippen molar-refractivity contribution in [3.8, 4) is 5.75 Å². The number of hydrogen-bond donors (Lipinski definition) is 0. The van der Waals surface area contributed by atoms with E-state index in [2.05, 4.69) is 21.4 Å². The molecule has 0 N–H and O–H groups in total. The van der Waals surface area contributed by atoms with Crippen LogP contribution in [0.15, 0.2) is 41.6 Å². The standard InChI is InChI=1S/C18H26N4O3S/c1-3-18-19-8-9-21(18)13-10-20-11-14-22(15-12-20)26(23,24)17-6-4-16(25-2)5-7-17/h4-9H,3,10-15H2,1-2H3. The third kappa shape index (κ3) is 4.08. The number of rotatable bonds is 7. The van der Waals surface area contributed by atoms with Crippen molar-refractivity contribution in [1.82, 2.24) is 18.8 Å². The molecule has 7 nitrogen and oxygen atoms in total. The third-order valence-electron chi connectivity index (χ3n) is 4.80. The molecule has 142 valence electrons. The topological polar surface area (TPSA) is 67.7 Å². The van der Waals surface area contributed by atoms with Gasteiger partial charge in [-0.05, 0) is 24.3 Å². The van der Waals surface area contributed by atoms with Gasteiger partial charge in [0.15, 0.2) is 0 Å². The van der Waals surface area contributed by atoms with Crippen molar-refractivity contribution < 1.29 is 13.2 Å². The molecule has 2 heterocycles. The first-order valence-corrected chi connectivity index (χ1v) is 10.3. The van der Waals surface area contributed by atoms with Gasteiger partial charge in [-0.15, -0.1) is 0 Å². The number of ether oxygens (including phenoxy) is 1. The second-order valence-electron chi connectivity index (χ2n) is 6.31. The van der Waals surface area contributed by atoms with Crippen LogP contribution in [0.3, 0.4) is 0 Å². The maximum Gasteiger partial charge on any atom is 0.243 e. The van der Waals surface area contributed by atoms with Crippen molar-refractivity contribution in [1.29, 1.82) is 0 Å². The van der Waals surface area contributed by atoms with E-state index >= 15 is 0 Å².